The topological polar surface area (TPSA) is 40.5 Å². The van der Waals surface area contributed by atoms with E-state index in [2.05, 4.69) is 0 Å². The average Bonchev–Trinajstić information content (AvgIpc) is 2.29. The molecule has 3 heteroatoms. The van der Waals surface area contributed by atoms with Gasteiger partial charge in [-0.05, 0) is 25.0 Å². The fraction of sp³-hybridized carbons (Fsp3) is 0.417. The van der Waals surface area contributed by atoms with Crippen molar-refractivity contribution in [2.24, 2.45) is 0 Å². The molecule has 1 heterocycles. The van der Waals surface area contributed by atoms with Gasteiger partial charge in [0.25, 0.3) is 5.91 Å². The maximum atomic E-state index is 12.0. The molecule has 0 bridgehead atoms. The van der Waals surface area contributed by atoms with Gasteiger partial charge >= 0.3 is 0 Å². The van der Waals surface area contributed by atoms with Crippen molar-refractivity contribution in [1.29, 1.82) is 0 Å². The van der Waals surface area contributed by atoms with Crippen molar-refractivity contribution in [1.82, 2.24) is 4.90 Å². The molecule has 1 aromatic carbocycles. The van der Waals surface area contributed by atoms with E-state index in [0.717, 1.165) is 17.5 Å². The number of amides is 1. The van der Waals surface area contributed by atoms with Crippen LogP contribution in [0.25, 0.3) is 0 Å². The molecular weight excluding hydrogens is 190 g/mol. The van der Waals surface area contributed by atoms with E-state index >= 15 is 0 Å². The smallest absolute Gasteiger partial charge is 0.254 e. The van der Waals surface area contributed by atoms with Crippen molar-refractivity contribution < 1.29 is 9.90 Å². The molecule has 1 aliphatic rings. The highest BCUT2D eigenvalue weighted by molar-refractivity contribution is 5.96. The lowest BCUT2D eigenvalue weighted by molar-refractivity contribution is 0.0600. The quantitative estimate of drug-likeness (QED) is 0.784. The average molecular weight is 205 g/mol. The predicted octanol–water partition coefficient (Wildman–Crippen LogP) is 1.07. The molecule has 15 heavy (non-hydrogen) atoms. The Bertz CT molecular complexity index is 376. The first-order valence-corrected chi connectivity index (χ1v) is 5.23. The number of aliphatic hydroxyl groups excluding tert-OH is 1. The highest BCUT2D eigenvalue weighted by Crippen LogP contribution is 2.19. The Morgan fingerprint density at radius 2 is 2.20 bits per heavy atom. The van der Waals surface area contributed by atoms with E-state index in [-0.39, 0.29) is 18.6 Å². The zero-order valence-corrected chi connectivity index (χ0v) is 8.81. The molecule has 2 rings (SSSR count). The van der Waals surface area contributed by atoms with Crippen molar-refractivity contribution in [2.45, 2.75) is 19.4 Å². The lowest BCUT2D eigenvalue weighted by Gasteiger charge is -2.32. The number of carbonyl (C=O) groups excluding carboxylic acids is 1. The third-order valence-corrected chi connectivity index (χ3v) is 2.93. The molecule has 0 saturated carbocycles. The Hall–Kier alpha value is -1.35. The molecule has 0 aliphatic carbocycles. The standard InChI is InChI=1S/C12H15NO2/c1-9(8-14)13-7-6-10-4-2-3-5-11(10)12(13)15/h2-5,9,14H,6-8H2,1H3. The fourth-order valence-electron chi connectivity index (χ4n) is 1.96. The highest BCUT2D eigenvalue weighted by Gasteiger charge is 2.26. The minimum Gasteiger partial charge on any atom is -0.394 e. The van der Waals surface area contributed by atoms with E-state index in [9.17, 15) is 4.79 Å². The molecule has 1 atom stereocenters. The van der Waals surface area contributed by atoms with Crippen LogP contribution in [0.3, 0.4) is 0 Å². The molecular formula is C12H15NO2. The monoisotopic (exact) mass is 205 g/mol. The van der Waals surface area contributed by atoms with Gasteiger partial charge in [0.15, 0.2) is 0 Å². The number of fused-ring (bicyclic) bond motifs is 1. The minimum absolute atomic E-state index is 0.0217. The molecule has 1 amide bonds. The van der Waals surface area contributed by atoms with Gasteiger partial charge in [-0.25, -0.2) is 0 Å². The number of hydrogen-bond donors (Lipinski definition) is 1. The maximum absolute atomic E-state index is 12.0. The van der Waals surface area contributed by atoms with Gasteiger partial charge in [0.1, 0.15) is 0 Å². The molecule has 1 aromatic rings. The Labute approximate surface area is 89.3 Å². The van der Waals surface area contributed by atoms with Gasteiger partial charge in [-0.2, -0.15) is 0 Å². The first-order valence-electron chi connectivity index (χ1n) is 5.23. The van der Waals surface area contributed by atoms with E-state index in [1.807, 2.05) is 31.2 Å². The summed E-state index contributed by atoms with van der Waals surface area (Å²) < 4.78 is 0. The van der Waals surface area contributed by atoms with Gasteiger partial charge in [-0.1, -0.05) is 18.2 Å². The van der Waals surface area contributed by atoms with E-state index in [0.29, 0.717) is 6.54 Å². The van der Waals surface area contributed by atoms with Crippen LogP contribution in [0.2, 0.25) is 0 Å². The summed E-state index contributed by atoms with van der Waals surface area (Å²) in [6.07, 6.45) is 0.881. The van der Waals surface area contributed by atoms with E-state index in [1.165, 1.54) is 0 Å². The first-order chi connectivity index (χ1) is 7.24. The van der Waals surface area contributed by atoms with Crippen LogP contribution in [-0.2, 0) is 6.42 Å². The second kappa shape index (κ2) is 4.03. The first kappa shape index (κ1) is 10.2. The van der Waals surface area contributed by atoms with Crippen LogP contribution in [0.4, 0.5) is 0 Å². The summed E-state index contributed by atoms with van der Waals surface area (Å²) in [6, 6.07) is 7.59. The van der Waals surface area contributed by atoms with Crippen molar-refractivity contribution in [3.05, 3.63) is 35.4 Å². The van der Waals surface area contributed by atoms with Crippen molar-refractivity contribution in [2.75, 3.05) is 13.2 Å². The van der Waals surface area contributed by atoms with Crippen LogP contribution in [0, 0.1) is 0 Å². The molecule has 0 saturated heterocycles. The molecule has 3 nitrogen and oxygen atoms in total. The Kier molecular flexibility index (Phi) is 2.73. The number of rotatable bonds is 2. The molecule has 0 spiro atoms. The second-order valence-electron chi connectivity index (χ2n) is 3.94. The lowest BCUT2D eigenvalue weighted by atomic mass is 9.98. The van der Waals surface area contributed by atoms with Gasteiger partial charge in [-0.3, -0.25) is 4.79 Å². The molecule has 0 radical (unpaired) electrons. The van der Waals surface area contributed by atoms with Gasteiger partial charge in [0, 0.05) is 12.1 Å². The summed E-state index contributed by atoms with van der Waals surface area (Å²) in [5, 5.41) is 9.06. The Morgan fingerprint density at radius 3 is 2.93 bits per heavy atom. The van der Waals surface area contributed by atoms with Crippen LogP contribution in [0.5, 0.6) is 0 Å². The summed E-state index contributed by atoms with van der Waals surface area (Å²) in [4.78, 5) is 13.8. The van der Waals surface area contributed by atoms with Crippen molar-refractivity contribution in [3.63, 3.8) is 0 Å². The number of nitrogens with zero attached hydrogens (tertiary/aromatic N) is 1. The number of aliphatic hydroxyl groups is 1. The van der Waals surface area contributed by atoms with E-state index < -0.39 is 0 Å². The summed E-state index contributed by atoms with van der Waals surface area (Å²) in [6.45, 7) is 2.59. The molecule has 1 N–H and O–H groups in total. The summed E-state index contributed by atoms with van der Waals surface area (Å²) in [7, 11) is 0. The zero-order valence-electron chi connectivity index (χ0n) is 8.81. The number of hydrogen-bond acceptors (Lipinski definition) is 2. The lowest BCUT2D eigenvalue weighted by Crippen LogP contribution is -2.44. The molecule has 1 aliphatic heterocycles. The highest BCUT2D eigenvalue weighted by atomic mass is 16.3. The normalized spacial score (nSPS) is 17.5. The minimum atomic E-state index is -0.0918. The zero-order chi connectivity index (χ0) is 10.8. The van der Waals surface area contributed by atoms with Crippen LogP contribution >= 0.6 is 0 Å². The number of benzene rings is 1. The molecule has 1 unspecified atom stereocenters. The van der Waals surface area contributed by atoms with Gasteiger partial charge in [0.05, 0.1) is 12.6 Å². The number of carbonyl (C=O) groups is 1. The van der Waals surface area contributed by atoms with Gasteiger partial charge in [0.2, 0.25) is 0 Å². The molecule has 0 fully saturated rings. The van der Waals surface area contributed by atoms with Gasteiger partial charge < -0.3 is 10.0 Å². The van der Waals surface area contributed by atoms with Crippen LogP contribution in [0.1, 0.15) is 22.8 Å². The van der Waals surface area contributed by atoms with E-state index in [1.54, 1.807) is 4.90 Å². The van der Waals surface area contributed by atoms with Crippen molar-refractivity contribution >= 4 is 5.91 Å². The maximum Gasteiger partial charge on any atom is 0.254 e. The summed E-state index contributed by atoms with van der Waals surface area (Å²) in [5.41, 5.74) is 1.90. The fourth-order valence-corrected chi connectivity index (χ4v) is 1.96. The van der Waals surface area contributed by atoms with E-state index in [4.69, 9.17) is 5.11 Å². The third-order valence-electron chi connectivity index (χ3n) is 2.93. The van der Waals surface area contributed by atoms with Crippen molar-refractivity contribution in [3.8, 4) is 0 Å². The SMILES string of the molecule is CC(CO)N1CCc2ccccc2C1=O. The molecule has 80 valence electrons. The Morgan fingerprint density at radius 1 is 1.47 bits per heavy atom. The van der Waals surface area contributed by atoms with Crippen LogP contribution in [-0.4, -0.2) is 35.1 Å². The summed E-state index contributed by atoms with van der Waals surface area (Å²) >= 11 is 0. The van der Waals surface area contributed by atoms with Gasteiger partial charge in [-0.15, -0.1) is 0 Å². The predicted molar refractivity (Wildman–Crippen MR) is 57.7 cm³/mol. The molecule has 0 aromatic heterocycles. The van der Waals surface area contributed by atoms with Crippen LogP contribution < -0.4 is 0 Å². The second-order valence-corrected chi connectivity index (χ2v) is 3.94. The largest absolute Gasteiger partial charge is 0.394 e. The third kappa shape index (κ3) is 1.75. The van der Waals surface area contributed by atoms with Crippen LogP contribution in [0.15, 0.2) is 24.3 Å². The Balaban J connectivity index is 2.30. The summed E-state index contributed by atoms with van der Waals surface area (Å²) in [5.74, 6) is 0.0402.